The van der Waals surface area contributed by atoms with Gasteiger partial charge in [-0.15, -0.1) is 0 Å². The van der Waals surface area contributed by atoms with Gasteiger partial charge in [-0.3, -0.25) is 9.98 Å². The lowest BCUT2D eigenvalue weighted by atomic mass is 10.2. The molecule has 3 aliphatic heterocycles. The Morgan fingerprint density at radius 3 is 2.79 bits per heavy atom. The minimum atomic E-state index is 0.209. The van der Waals surface area contributed by atoms with Crippen molar-refractivity contribution in [2.45, 2.75) is 25.3 Å². The summed E-state index contributed by atoms with van der Waals surface area (Å²) in [4.78, 5) is 16.5. The minimum Gasteiger partial charge on any atom is -0.359 e. The molecule has 1 atom stereocenters. The van der Waals surface area contributed by atoms with Gasteiger partial charge in [0.1, 0.15) is 0 Å². The summed E-state index contributed by atoms with van der Waals surface area (Å²) in [6.07, 6.45) is 13.6. The molecular weight excluding hydrogens is 296 g/mol. The zero-order valence-electron chi connectivity index (χ0n) is 13.3. The van der Waals surface area contributed by atoms with E-state index in [4.69, 9.17) is 9.98 Å². The molecule has 5 rings (SSSR count). The van der Waals surface area contributed by atoms with Crippen LogP contribution >= 0.6 is 0 Å². The largest absolute Gasteiger partial charge is 0.359 e. The van der Waals surface area contributed by atoms with Crippen LogP contribution in [0.25, 0.3) is 18.2 Å². The maximum atomic E-state index is 4.79. The van der Waals surface area contributed by atoms with Crippen LogP contribution in [0.15, 0.2) is 52.1 Å². The molecule has 0 saturated heterocycles. The summed E-state index contributed by atoms with van der Waals surface area (Å²) in [5, 5.41) is 2.17. The van der Waals surface area contributed by atoms with E-state index in [0.717, 1.165) is 52.8 Å². The number of aliphatic imine (C=N–C) groups is 2. The van der Waals surface area contributed by atoms with Crippen molar-refractivity contribution in [2.24, 2.45) is 9.98 Å². The lowest BCUT2D eigenvalue weighted by Crippen LogP contribution is -2.12. The Morgan fingerprint density at radius 1 is 0.917 bits per heavy atom. The number of nitrogens with one attached hydrogen (secondary N) is 2. The Kier molecular flexibility index (Phi) is 3.01. The molecule has 3 aliphatic rings. The molecule has 4 heteroatoms. The number of nitrogens with zero attached hydrogens (tertiary/aromatic N) is 2. The maximum absolute atomic E-state index is 4.79. The predicted octanol–water partition coefficient (Wildman–Crippen LogP) is 2.12. The summed E-state index contributed by atoms with van der Waals surface area (Å²) in [5.41, 5.74) is 5.63. The van der Waals surface area contributed by atoms with E-state index in [9.17, 15) is 0 Å². The monoisotopic (exact) mass is 314 g/mol. The second-order valence-electron chi connectivity index (χ2n) is 6.52. The van der Waals surface area contributed by atoms with Crippen molar-refractivity contribution in [3.63, 3.8) is 0 Å². The quantitative estimate of drug-likeness (QED) is 0.748. The summed E-state index contributed by atoms with van der Waals surface area (Å²) in [7, 11) is 0. The normalized spacial score (nSPS) is 26.7. The molecule has 0 aliphatic carbocycles. The summed E-state index contributed by atoms with van der Waals surface area (Å²) in [6, 6.07) is 8.68. The number of H-pyrrole nitrogens is 2. The van der Waals surface area contributed by atoms with Crippen molar-refractivity contribution >= 4 is 29.7 Å². The van der Waals surface area contributed by atoms with Crippen LogP contribution in [0.1, 0.15) is 24.2 Å². The van der Waals surface area contributed by atoms with Gasteiger partial charge in [-0.25, -0.2) is 0 Å². The highest BCUT2D eigenvalue weighted by Gasteiger charge is 2.13. The maximum Gasteiger partial charge on any atom is 0.0745 e. The van der Waals surface area contributed by atoms with Gasteiger partial charge in [0.25, 0.3) is 0 Å². The smallest absolute Gasteiger partial charge is 0.0745 e. The molecule has 2 N–H and O–H groups in total. The molecule has 5 heterocycles. The predicted molar refractivity (Wildman–Crippen MR) is 98.5 cm³/mol. The summed E-state index contributed by atoms with van der Waals surface area (Å²) >= 11 is 0. The molecular formula is C20H18N4. The lowest BCUT2D eigenvalue weighted by Gasteiger charge is -2.02. The van der Waals surface area contributed by atoms with E-state index >= 15 is 0 Å². The average molecular weight is 314 g/mol. The number of aromatic nitrogens is 2. The standard InChI is InChI=1S/C20H18N4/c1-2-14-10-16-5-6-18(23-16)12-20-8-7-19(24-20)11-17-4-3-15(22-17)9-13(1)21-14/h1-6,9,11-12,14,22-23H,7-8,10H2/b15-9-,17-11-,20-12-. The Morgan fingerprint density at radius 2 is 1.83 bits per heavy atom. The number of aromatic amines is 2. The summed E-state index contributed by atoms with van der Waals surface area (Å²) in [6.45, 7) is 0. The molecule has 0 aromatic carbocycles. The number of allylic oxidation sites excluding steroid dienone is 2. The van der Waals surface area contributed by atoms with Gasteiger partial charge in [0.15, 0.2) is 0 Å². The zero-order chi connectivity index (χ0) is 15.9. The second kappa shape index (κ2) is 5.34. The molecule has 2 aromatic heterocycles. The molecule has 8 bridgehead atoms. The topological polar surface area (TPSA) is 56.3 Å². The van der Waals surface area contributed by atoms with Crippen LogP contribution in [-0.4, -0.2) is 27.4 Å². The minimum absolute atomic E-state index is 0.209. The molecule has 0 spiro atoms. The van der Waals surface area contributed by atoms with E-state index in [2.05, 4.69) is 64.6 Å². The highest BCUT2D eigenvalue weighted by molar-refractivity contribution is 6.18. The molecule has 0 amide bonds. The summed E-state index contributed by atoms with van der Waals surface area (Å²) < 4.78 is 0. The van der Waals surface area contributed by atoms with Crippen molar-refractivity contribution in [3.05, 3.63) is 64.2 Å². The highest BCUT2D eigenvalue weighted by Crippen LogP contribution is 2.21. The van der Waals surface area contributed by atoms with Gasteiger partial charge in [-0.05, 0) is 61.4 Å². The van der Waals surface area contributed by atoms with Crippen LogP contribution < -0.4 is 10.7 Å². The number of fused-ring (bicyclic) bond motifs is 6. The Hall–Kier alpha value is -2.88. The molecule has 0 radical (unpaired) electrons. The van der Waals surface area contributed by atoms with Gasteiger partial charge in [0.2, 0.25) is 0 Å². The van der Waals surface area contributed by atoms with E-state index < -0.39 is 0 Å². The third kappa shape index (κ3) is 2.60. The first kappa shape index (κ1) is 13.5. The highest BCUT2D eigenvalue weighted by atomic mass is 14.8. The van der Waals surface area contributed by atoms with Crippen molar-refractivity contribution < 1.29 is 0 Å². The molecule has 118 valence electrons. The van der Waals surface area contributed by atoms with E-state index in [1.54, 1.807) is 0 Å². The first-order chi connectivity index (χ1) is 11.8. The number of hydrogen-bond acceptors (Lipinski definition) is 2. The number of hydrogen-bond donors (Lipinski definition) is 2. The van der Waals surface area contributed by atoms with Gasteiger partial charge in [0.05, 0.1) is 11.8 Å². The first-order valence-corrected chi connectivity index (χ1v) is 8.41. The van der Waals surface area contributed by atoms with Crippen molar-refractivity contribution in [3.8, 4) is 0 Å². The van der Waals surface area contributed by atoms with Gasteiger partial charge in [-0.1, -0.05) is 6.08 Å². The number of rotatable bonds is 0. The van der Waals surface area contributed by atoms with Crippen LogP contribution in [0.5, 0.6) is 0 Å². The van der Waals surface area contributed by atoms with Crippen LogP contribution in [0.2, 0.25) is 0 Å². The van der Waals surface area contributed by atoms with E-state index in [0.29, 0.717) is 0 Å². The Labute approximate surface area is 139 Å². The molecule has 0 saturated carbocycles. The average Bonchev–Trinajstić information content (AvgIpc) is 3.32. The first-order valence-electron chi connectivity index (χ1n) is 8.41. The van der Waals surface area contributed by atoms with Gasteiger partial charge >= 0.3 is 0 Å². The fourth-order valence-electron chi connectivity index (χ4n) is 3.45. The lowest BCUT2D eigenvalue weighted by molar-refractivity contribution is 0.807. The SMILES string of the molecule is C1=CC2Cc3ccc([nH]3)/C=C3/CCC(=N3)/C=c3/cc/c([nH]3)=C/C1=N2. The van der Waals surface area contributed by atoms with Gasteiger partial charge in [0, 0.05) is 39.9 Å². The van der Waals surface area contributed by atoms with Gasteiger partial charge in [-0.2, -0.15) is 0 Å². The molecule has 4 nitrogen and oxygen atoms in total. The third-order valence-corrected chi connectivity index (χ3v) is 4.61. The van der Waals surface area contributed by atoms with Crippen LogP contribution in [0, 0.1) is 0 Å². The van der Waals surface area contributed by atoms with Crippen molar-refractivity contribution in [1.82, 2.24) is 9.97 Å². The van der Waals surface area contributed by atoms with Crippen molar-refractivity contribution in [2.75, 3.05) is 0 Å². The van der Waals surface area contributed by atoms with Crippen LogP contribution in [0.4, 0.5) is 0 Å². The molecule has 1 unspecified atom stereocenters. The van der Waals surface area contributed by atoms with Crippen LogP contribution in [0.3, 0.4) is 0 Å². The van der Waals surface area contributed by atoms with Crippen molar-refractivity contribution in [1.29, 1.82) is 0 Å². The summed E-state index contributed by atoms with van der Waals surface area (Å²) in [5.74, 6) is 0. The molecule has 24 heavy (non-hydrogen) atoms. The Bertz CT molecular complexity index is 1040. The fourth-order valence-corrected chi connectivity index (χ4v) is 3.45. The van der Waals surface area contributed by atoms with E-state index in [1.807, 2.05) is 0 Å². The Balaban J connectivity index is 1.65. The zero-order valence-corrected chi connectivity index (χ0v) is 13.3. The van der Waals surface area contributed by atoms with E-state index in [1.165, 1.54) is 5.69 Å². The second-order valence-corrected chi connectivity index (χ2v) is 6.52. The fraction of sp³-hybridized carbons (Fsp3) is 0.200. The molecule has 0 fully saturated rings. The van der Waals surface area contributed by atoms with Crippen LogP contribution in [-0.2, 0) is 6.42 Å². The molecule has 2 aromatic rings. The van der Waals surface area contributed by atoms with E-state index in [-0.39, 0.29) is 6.04 Å². The van der Waals surface area contributed by atoms with Gasteiger partial charge < -0.3 is 9.97 Å². The third-order valence-electron chi connectivity index (χ3n) is 4.61.